The Morgan fingerprint density at radius 1 is 1.43 bits per heavy atom. The lowest BCUT2D eigenvalue weighted by atomic mass is 10.4. The zero-order chi connectivity index (χ0) is 14.8. The Morgan fingerprint density at radius 2 is 2.29 bits per heavy atom. The number of ether oxygens (including phenoxy) is 1. The number of hydrogen-bond acceptors (Lipinski definition) is 5. The lowest BCUT2D eigenvalue weighted by Crippen LogP contribution is -2.09. The molecule has 106 valence electrons. The molecule has 8 heteroatoms. The summed E-state index contributed by atoms with van der Waals surface area (Å²) in [6.07, 6.45) is 1.51. The van der Waals surface area contributed by atoms with E-state index in [9.17, 15) is 9.90 Å². The standard InChI is InChI=1S/C13H8ClN3O3S/c14-9-2-1-4-15-12(9)17-10(13(18)19)6-11(16-17)20-8-3-5-21-7-8/h1-7H,(H,18,19). The van der Waals surface area contributed by atoms with Gasteiger partial charge >= 0.3 is 5.97 Å². The van der Waals surface area contributed by atoms with Crippen molar-refractivity contribution < 1.29 is 14.6 Å². The van der Waals surface area contributed by atoms with Gasteiger partial charge in [-0.1, -0.05) is 11.6 Å². The fourth-order valence-corrected chi connectivity index (χ4v) is 2.44. The Kier molecular flexibility index (Phi) is 3.59. The molecule has 0 aliphatic carbocycles. The van der Waals surface area contributed by atoms with Gasteiger partial charge in [0.25, 0.3) is 0 Å². The van der Waals surface area contributed by atoms with E-state index in [1.165, 1.54) is 23.6 Å². The van der Waals surface area contributed by atoms with Crippen molar-refractivity contribution in [2.45, 2.75) is 0 Å². The van der Waals surface area contributed by atoms with Crippen molar-refractivity contribution in [2.24, 2.45) is 0 Å². The van der Waals surface area contributed by atoms with E-state index in [2.05, 4.69) is 10.1 Å². The number of nitrogens with zero attached hydrogens (tertiary/aromatic N) is 3. The van der Waals surface area contributed by atoms with Crippen molar-refractivity contribution in [1.82, 2.24) is 14.8 Å². The Bertz CT molecular complexity index is 786. The Balaban J connectivity index is 2.05. The Hall–Kier alpha value is -2.38. The molecule has 0 aliphatic heterocycles. The van der Waals surface area contributed by atoms with Gasteiger partial charge in [0.1, 0.15) is 5.75 Å². The van der Waals surface area contributed by atoms with Crippen LogP contribution in [-0.4, -0.2) is 25.8 Å². The highest BCUT2D eigenvalue weighted by molar-refractivity contribution is 7.08. The molecule has 0 saturated heterocycles. The number of carbonyl (C=O) groups is 1. The second kappa shape index (κ2) is 5.55. The van der Waals surface area contributed by atoms with Crippen LogP contribution in [0.5, 0.6) is 11.6 Å². The first-order chi connectivity index (χ1) is 10.1. The molecule has 6 nitrogen and oxygen atoms in total. The minimum absolute atomic E-state index is 0.0826. The quantitative estimate of drug-likeness (QED) is 0.796. The number of carboxylic acids is 1. The number of hydrogen-bond donors (Lipinski definition) is 1. The summed E-state index contributed by atoms with van der Waals surface area (Å²) in [4.78, 5) is 15.4. The van der Waals surface area contributed by atoms with Gasteiger partial charge in [-0.2, -0.15) is 0 Å². The van der Waals surface area contributed by atoms with E-state index in [1.54, 1.807) is 23.6 Å². The molecule has 0 atom stereocenters. The van der Waals surface area contributed by atoms with Gasteiger partial charge in [-0.25, -0.2) is 14.5 Å². The molecule has 0 aliphatic rings. The minimum Gasteiger partial charge on any atom is -0.477 e. The first-order valence-corrected chi connectivity index (χ1v) is 7.11. The van der Waals surface area contributed by atoms with Crippen molar-refractivity contribution in [3.63, 3.8) is 0 Å². The predicted molar refractivity (Wildman–Crippen MR) is 77.7 cm³/mol. The largest absolute Gasteiger partial charge is 0.477 e. The Labute approximate surface area is 128 Å². The summed E-state index contributed by atoms with van der Waals surface area (Å²) in [7, 11) is 0. The fraction of sp³-hybridized carbons (Fsp3) is 0. The second-order valence-corrected chi connectivity index (χ2v) is 5.14. The van der Waals surface area contributed by atoms with E-state index >= 15 is 0 Å². The molecule has 21 heavy (non-hydrogen) atoms. The fourth-order valence-electron chi connectivity index (χ4n) is 1.69. The van der Waals surface area contributed by atoms with Crippen LogP contribution in [-0.2, 0) is 0 Å². The SMILES string of the molecule is O=C(O)c1cc(Oc2ccsc2)nn1-c1ncccc1Cl. The molecule has 3 heterocycles. The van der Waals surface area contributed by atoms with E-state index in [0.29, 0.717) is 10.8 Å². The summed E-state index contributed by atoms with van der Waals surface area (Å²) in [5.41, 5.74) is -0.0826. The molecule has 3 aromatic rings. The van der Waals surface area contributed by atoms with Crippen LogP contribution in [0.4, 0.5) is 0 Å². The van der Waals surface area contributed by atoms with Crippen LogP contribution < -0.4 is 4.74 Å². The van der Waals surface area contributed by atoms with Crippen molar-refractivity contribution in [1.29, 1.82) is 0 Å². The third-order valence-electron chi connectivity index (χ3n) is 2.56. The monoisotopic (exact) mass is 321 g/mol. The van der Waals surface area contributed by atoms with Crippen molar-refractivity contribution in [2.75, 3.05) is 0 Å². The topological polar surface area (TPSA) is 77.2 Å². The van der Waals surface area contributed by atoms with E-state index in [0.717, 1.165) is 4.68 Å². The summed E-state index contributed by atoms with van der Waals surface area (Å²) in [6, 6.07) is 6.35. The molecular weight excluding hydrogens is 314 g/mol. The molecule has 0 amide bonds. The van der Waals surface area contributed by atoms with Crippen molar-refractivity contribution >= 4 is 28.9 Å². The molecule has 0 unspecified atom stereocenters. The average molecular weight is 322 g/mol. The van der Waals surface area contributed by atoms with Gasteiger partial charge in [-0.15, -0.1) is 16.4 Å². The maximum Gasteiger partial charge on any atom is 0.354 e. The highest BCUT2D eigenvalue weighted by Crippen LogP contribution is 2.26. The zero-order valence-electron chi connectivity index (χ0n) is 10.4. The second-order valence-electron chi connectivity index (χ2n) is 3.95. The highest BCUT2D eigenvalue weighted by atomic mass is 35.5. The molecule has 1 N–H and O–H groups in total. The van der Waals surface area contributed by atoms with Crippen LogP contribution in [0.2, 0.25) is 5.02 Å². The van der Waals surface area contributed by atoms with Gasteiger partial charge in [0.05, 0.1) is 5.02 Å². The van der Waals surface area contributed by atoms with Gasteiger partial charge in [-0.3, -0.25) is 0 Å². The van der Waals surface area contributed by atoms with Crippen LogP contribution in [0.1, 0.15) is 10.5 Å². The third kappa shape index (κ3) is 2.74. The molecule has 0 fully saturated rings. The highest BCUT2D eigenvalue weighted by Gasteiger charge is 2.19. The Morgan fingerprint density at radius 3 is 2.95 bits per heavy atom. The van der Waals surface area contributed by atoms with Crippen LogP contribution in [0.25, 0.3) is 5.82 Å². The third-order valence-corrected chi connectivity index (χ3v) is 3.52. The van der Waals surface area contributed by atoms with E-state index < -0.39 is 5.97 Å². The molecule has 0 spiro atoms. The number of halogens is 1. The molecule has 0 aromatic carbocycles. The smallest absolute Gasteiger partial charge is 0.354 e. The van der Waals surface area contributed by atoms with Gasteiger partial charge < -0.3 is 9.84 Å². The maximum atomic E-state index is 11.3. The minimum atomic E-state index is -1.15. The summed E-state index contributed by atoms with van der Waals surface area (Å²) in [6.45, 7) is 0. The number of carboxylic acid groups (broad SMARTS) is 1. The first kappa shape index (κ1) is 13.6. The molecule has 0 saturated carbocycles. The van der Waals surface area contributed by atoms with Crippen LogP contribution in [0, 0.1) is 0 Å². The molecule has 0 radical (unpaired) electrons. The summed E-state index contributed by atoms with van der Waals surface area (Å²) < 4.78 is 6.64. The van der Waals surface area contributed by atoms with Gasteiger partial charge in [0.2, 0.25) is 5.88 Å². The van der Waals surface area contributed by atoms with E-state index in [1.807, 2.05) is 5.38 Å². The van der Waals surface area contributed by atoms with Gasteiger partial charge in [0.15, 0.2) is 11.5 Å². The molecule has 0 bridgehead atoms. The molecule has 3 rings (SSSR count). The van der Waals surface area contributed by atoms with Crippen LogP contribution in [0.15, 0.2) is 41.2 Å². The first-order valence-electron chi connectivity index (χ1n) is 5.79. The number of aromatic nitrogens is 3. The number of rotatable bonds is 4. The lowest BCUT2D eigenvalue weighted by molar-refractivity contribution is 0.0686. The summed E-state index contributed by atoms with van der Waals surface area (Å²) in [5, 5.41) is 17.3. The van der Waals surface area contributed by atoms with Crippen molar-refractivity contribution in [3.05, 3.63) is 51.9 Å². The number of thiophene rings is 1. The van der Waals surface area contributed by atoms with Crippen molar-refractivity contribution in [3.8, 4) is 17.4 Å². The van der Waals surface area contributed by atoms with Crippen LogP contribution in [0.3, 0.4) is 0 Å². The number of aromatic carboxylic acids is 1. The molecule has 3 aromatic heterocycles. The predicted octanol–water partition coefficient (Wildman–Crippen LogP) is 3.47. The van der Waals surface area contributed by atoms with E-state index in [-0.39, 0.29) is 17.4 Å². The van der Waals surface area contributed by atoms with Crippen LogP contribution >= 0.6 is 22.9 Å². The molecular formula is C13H8ClN3O3S. The van der Waals surface area contributed by atoms with Gasteiger partial charge in [-0.05, 0) is 23.6 Å². The lowest BCUT2D eigenvalue weighted by Gasteiger charge is -2.04. The summed E-state index contributed by atoms with van der Waals surface area (Å²) >= 11 is 7.50. The average Bonchev–Trinajstić information content (AvgIpc) is 3.09. The normalized spacial score (nSPS) is 10.5. The van der Waals surface area contributed by atoms with E-state index in [4.69, 9.17) is 16.3 Å². The zero-order valence-corrected chi connectivity index (χ0v) is 12.0. The summed E-state index contributed by atoms with van der Waals surface area (Å²) in [5.74, 6) is -0.164. The van der Waals surface area contributed by atoms with Gasteiger partial charge in [0, 0.05) is 17.6 Å². The number of pyridine rings is 1. The maximum absolute atomic E-state index is 11.3.